The van der Waals surface area contributed by atoms with Gasteiger partial charge in [-0.25, -0.2) is 13.2 Å². The summed E-state index contributed by atoms with van der Waals surface area (Å²) in [7, 11) is 1.98. The molecule has 0 saturated carbocycles. The van der Waals surface area contributed by atoms with Gasteiger partial charge in [0.25, 0.3) is 0 Å². The van der Waals surface area contributed by atoms with Gasteiger partial charge in [0.2, 0.25) is 0 Å². The number of rotatable bonds is 10. The van der Waals surface area contributed by atoms with E-state index in [0.717, 1.165) is 5.56 Å². The van der Waals surface area contributed by atoms with E-state index in [-0.39, 0.29) is 16.7 Å². The summed E-state index contributed by atoms with van der Waals surface area (Å²) in [4.78, 5) is 0. The van der Waals surface area contributed by atoms with E-state index >= 15 is 0 Å². The van der Waals surface area contributed by atoms with E-state index in [4.69, 9.17) is 13.3 Å². The van der Waals surface area contributed by atoms with Crippen LogP contribution in [0.5, 0.6) is 0 Å². The normalized spacial score (nSPS) is 11.9. The lowest BCUT2D eigenvalue weighted by Crippen LogP contribution is -2.42. The zero-order chi connectivity index (χ0) is 16.6. The molecule has 3 nitrogen and oxygen atoms in total. The highest BCUT2D eigenvalue weighted by Crippen LogP contribution is 2.24. The highest BCUT2D eigenvalue weighted by molar-refractivity contribution is 6.60. The minimum absolute atomic E-state index is 0.128. The van der Waals surface area contributed by atoms with Crippen molar-refractivity contribution in [2.24, 2.45) is 0 Å². The summed E-state index contributed by atoms with van der Waals surface area (Å²) in [6, 6.07) is 3.80. The summed E-state index contributed by atoms with van der Waals surface area (Å²) in [6.45, 7) is -2.45. The van der Waals surface area contributed by atoms with Gasteiger partial charge in [0.1, 0.15) is 20.0 Å². The Morgan fingerprint density at radius 2 is 1.36 bits per heavy atom. The molecule has 0 aliphatic carbocycles. The minimum atomic E-state index is -2.64. The summed E-state index contributed by atoms with van der Waals surface area (Å²) in [5.41, 5.74) is 1.36. The Kier molecular flexibility index (Phi) is 8.09. The highest BCUT2D eigenvalue weighted by atomic mass is 28.4. The number of aryl methyl sites for hydroxylation is 1. The van der Waals surface area contributed by atoms with Crippen molar-refractivity contribution in [3.63, 3.8) is 0 Å². The highest BCUT2D eigenvalue weighted by Gasteiger charge is 2.36. The third kappa shape index (κ3) is 4.55. The second kappa shape index (κ2) is 9.29. The number of hydrogen-bond acceptors (Lipinski definition) is 3. The number of hydrogen-bond donors (Lipinski definition) is 0. The molecule has 0 bridgehead atoms. The molecule has 0 unspecified atom stereocenters. The van der Waals surface area contributed by atoms with Crippen LogP contribution in [0.4, 0.5) is 13.2 Å². The molecule has 0 fully saturated rings. The van der Waals surface area contributed by atoms with Gasteiger partial charge in [0.05, 0.1) is 0 Å². The van der Waals surface area contributed by atoms with Gasteiger partial charge in [-0.1, -0.05) is 12.1 Å². The number of halogens is 3. The molecule has 0 aliphatic rings. The van der Waals surface area contributed by atoms with Crippen molar-refractivity contribution in [1.29, 1.82) is 0 Å². The third-order valence-electron chi connectivity index (χ3n) is 3.80. The zero-order valence-corrected chi connectivity index (χ0v) is 14.3. The van der Waals surface area contributed by atoms with Crippen molar-refractivity contribution in [2.75, 3.05) is 21.3 Å². The fourth-order valence-corrected chi connectivity index (χ4v) is 4.21. The maximum absolute atomic E-state index is 13.0. The molecule has 0 saturated heterocycles. The predicted octanol–water partition coefficient (Wildman–Crippen LogP) is 3.91. The lowest BCUT2D eigenvalue weighted by molar-refractivity contribution is 0.123. The van der Waals surface area contributed by atoms with Crippen LogP contribution >= 0.6 is 0 Å². The summed E-state index contributed by atoms with van der Waals surface area (Å²) in [5.74, 6) is 0. The van der Waals surface area contributed by atoms with Gasteiger partial charge in [-0.15, -0.1) is 0 Å². The molecule has 7 heteroatoms. The monoisotopic (exact) mass is 336 g/mol. The van der Waals surface area contributed by atoms with E-state index in [1.807, 2.05) is 0 Å². The van der Waals surface area contributed by atoms with Crippen molar-refractivity contribution in [2.45, 2.75) is 38.9 Å². The van der Waals surface area contributed by atoms with Crippen LogP contribution in [0.15, 0.2) is 12.1 Å². The Morgan fingerprint density at radius 1 is 0.864 bits per heavy atom. The molecule has 0 atom stereocenters. The average molecular weight is 336 g/mol. The lowest BCUT2D eigenvalue weighted by atomic mass is 9.97. The number of alkyl halides is 3. The Labute approximate surface area is 130 Å². The van der Waals surface area contributed by atoms with E-state index in [1.165, 1.54) is 21.3 Å². The van der Waals surface area contributed by atoms with Crippen LogP contribution in [0.2, 0.25) is 6.04 Å². The van der Waals surface area contributed by atoms with Gasteiger partial charge in [0, 0.05) is 27.4 Å². The van der Waals surface area contributed by atoms with Gasteiger partial charge in [-0.2, -0.15) is 0 Å². The second-order valence-corrected chi connectivity index (χ2v) is 8.03. The maximum atomic E-state index is 13.0. The van der Waals surface area contributed by atoms with Gasteiger partial charge in [-0.3, -0.25) is 0 Å². The molecule has 0 amide bonds. The fraction of sp³-hybridized carbons (Fsp3) is 0.600. The fourth-order valence-electron chi connectivity index (χ4n) is 2.49. The van der Waals surface area contributed by atoms with Crippen LogP contribution in [-0.2, 0) is 39.7 Å². The van der Waals surface area contributed by atoms with Crippen molar-refractivity contribution < 1.29 is 26.4 Å². The van der Waals surface area contributed by atoms with E-state index in [9.17, 15) is 13.2 Å². The Balaban J connectivity index is 2.82. The summed E-state index contributed by atoms with van der Waals surface area (Å²) in [5, 5.41) is 0. The first-order valence-electron chi connectivity index (χ1n) is 7.06. The predicted molar refractivity (Wildman–Crippen MR) is 80.8 cm³/mol. The van der Waals surface area contributed by atoms with Crippen LogP contribution in [0.25, 0.3) is 0 Å². The second-order valence-electron chi connectivity index (χ2n) is 4.94. The Morgan fingerprint density at radius 3 is 1.73 bits per heavy atom. The molecule has 0 aliphatic heterocycles. The van der Waals surface area contributed by atoms with Gasteiger partial charge in [0.15, 0.2) is 0 Å². The standard InChI is InChI=1S/C15H23F3O3Si/c1-19-22(20-2,21-3)6-4-5-12-7-13(9-16)15(11-18)14(8-12)10-17/h7-8H,4-6,9-11H2,1-3H3. The van der Waals surface area contributed by atoms with Crippen molar-refractivity contribution >= 4 is 8.80 Å². The van der Waals surface area contributed by atoms with E-state index < -0.39 is 28.8 Å². The summed E-state index contributed by atoms with van der Waals surface area (Å²) in [6.07, 6.45) is 1.28. The third-order valence-corrected chi connectivity index (χ3v) is 6.63. The molecule has 0 spiro atoms. The largest absolute Gasteiger partial charge is 0.500 e. The molecule has 0 aromatic heterocycles. The van der Waals surface area contributed by atoms with Gasteiger partial charge in [-0.05, 0) is 35.1 Å². The van der Waals surface area contributed by atoms with E-state index in [1.54, 1.807) is 12.1 Å². The Bertz CT molecular complexity index is 434. The van der Waals surface area contributed by atoms with Crippen LogP contribution in [0.3, 0.4) is 0 Å². The summed E-state index contributed by atoms with van der Waals surface area (Å²) < 4.78 is 54.9. The molecule has 0 heterocycles. The zero-order valence-electron chi connectivity index (χ0n) is 13.3. The van der Waals surface area contributed by atoms with Crippen molar-refractivity contribution in [3.8, 4) is 0 Å². The molecular weight excluding hydrogens is 313 g/mol. The van der Waals surface area contributed by atoms with E-state index in [0.29, 0.717) is 18.9 Å². The molecule has 1 aromatic carbocycles. The summed E-state index contributed by atoms with van der Waals surface area (Å²) >= 11 is 0. The smallest absolute Gasteiger partial charge is 0.377 e. The minimum Gasteiger partial charge on any atom is -0.377 e. The van der Waals surface area contributed by atoms with Crippen molar-refractivity contribution in [3.05, 3.63) is 34.4 Å². The topological polar surface area (TPSA) is 27.7 Å². The SMILES string of the molecule is CO[Si](CCCc1cc(CF)c(CF)c(CF)c1)(OC)OC. The molecule has 1 aromatic rings. The first kappa shape index (κ1) is 19.2. The van der Waals surface area contributed by atoms with Crippen LogP contribution in [0.1, 0.15) is 28.7 Å². The molecule has 22 heavy (non-hydrogen) atoms. The number of benzene rings is 1. The van der Waals surface area contributed by atoms with Crippen LogP contribution < -0.4 is 0 Å². The molecule has 1 rings (SSSR count). The average Bonchev–Trinajstić information content (AvgIpc) is 2.58. The molecule has 0 radical (unpaired) electrons. The van der Waals surface area contributed by atoms with Crippen molar-refractivity contribution in [1.82, 2.24) is 0 Å². The first-order chi connectivity index (χ1) is 10.6. The van der Waals surface area contributed by atoms with Crippen LogP contribution in [0, 0.1) is 0 Å². The van der Waals surface area contributed by atoms with Gasteiger partial charge >= 0.3 is 8.80 Å². The molecule has 0 N–H and O–H groups in total. The maximum Gasteiger partial charge on any atom is 0.500 e. The lowest BCUT2D eigenvalue weighted by Gasteiger charge is -2.24. The van der Waals surface area contributed by atoms with E-state index in [2.05, 4.69) is 0 Å². The molecule has 126 valence electrons. The Hall–Kier alpha value is -0.893. The quantitative estimate of drug-likeness (QED) is 0.607. The van der Waals surface area contributed by atoms with Gasteiger partial charge < -0.3 is 13.3 Å². The first-order valence-corrected chi connectivity index (χ1v) is 8.99. The molecular formula is C15H23F3O3Si. The van der Waals surface area contributed by atoms with Crippen LogP contribution in [-0.4, -0.2) is 30.1 Å².